The Kier molecular flexibility index (Phi) is 3.62. The monoisotopic (exact) mass is 319 g/mol. The standard InChI is InChI=1S/C20H21N3O/c1-14-7-3-5-9-16(14)20-17-12-22(2)13-18(17)21-23(20)11-15-8-4-6-10-19(15)24/h3-10,24H,11-13H2,1-2H3. The van der Waals surface area contributed by atoms with Gasteiger partial charge in [-0.2, -0.15) is 5.10 Å². The first-order chi connectivity index (χ1) is 11.6. The van der Waals surface area contributed by atoms with Gasteiger partial charge in [-0.1, -0.05) is 42.5 Å². The third-order valence-electron chi connectivity index (χ3n) is 4.69. The fourth-order valence-corrected chi connectivity index (χ4v) is 3.48. The average molecular weight is 319 g/mol. The highest BCUT2D eigenvalue weighted by molar-refractivity contribution is 5.69. The molecular formula is C20H21N3O. The van der Waals surface area contributed by atoms with Gasteiger partial charge in [-0.3, -0.25) is 9.58 Å². The molecule has 0 amide bonds. The maximum absolute atomic E-state index is 10.1. The number of para-hydroxylation sites is 1. The molecule has 0 aliphatic carbocycles. The van der Waals surface area contributed by atoms with E-state index in [1.807, 2.05) is 18.2 Å². The van der Waals surface area contributed by atoms with Gasteiger partial charge in [0.2, 0.25) is 0 Å². The highest BCUT2D eigenvalue weighted by atomic mass is 16.3. The fraction of sp³-hybridized carbons (Fsp3) is 0.250. The molecule has 1 N–H and O–H groups in total. The summed E-state index contributed by atoms with van der Waals surface area (Å²) in [6.45, 7) is 4.51. The Balaban J connectivity index is 1.85. The molecular weight excluding hydrogens is 298 g/mol. The average Bonchev–Trinajstić information content (AvgIpc) is 3.06. The number of hydrogen-bond donors (Lipinski definition) is 1. The molecule has 4 nitrogen and oxygen atoms in total. The lowest BCUT2D eigenvalue weighted by Crippen LogP contribution is -2.13. The molecule has 24 heavy (non-hydrogen) atoms. The minimum absolute atomic E-state index is 0.320. The molecule has 2 aromatic carbocycles. The first-order valence-electron chi connectivity index (χ1n) is 8.23. The first kappa shape index (κ1) is 15.0. The highest BCUT2D eigenvalue weighted by Crippen LogP contribution is 2.34. The van der Waals surface area contributed by atoms with Crippen LogP contribution in [0.25, 0.3) is 11.3 Å². The van der Waals surface area contributed by atoms with Gasteiger partial charge in [0.15, 0.2) is 0 Å². The van der Waals surface area contributed by atoms with Crippen molar-refractivity contribution in [2.24, 2.45) is 0 Å². The van der Waals surface area contributed by atoms with E-state index in [0.717, 1.165) is 24.3 Å². The van der Waals surface area contributed by atoms with Gasteiger partial charge in [0, 0.05) is 29.8 Å². The smallest absolute Gasteiger partial charge is 0.120 e. The van der Waals surface area contributed by atoms with Gasteiger partial charge >= 0.3 is 0 Å². The molecule has 0 fully saturated rings. The van der Waals surface area contributed by atoms with E-state index in [1.54, 1.807) is 6.07 Å². The summed E-state index contributed by atoms with van der Waals surface area (Å²) in [5.74, 6) is 0.320. The molecule has 4 heteroatoms. The van der Waals surface area contributed by atoms with Gasteiger partial charge in [-0.05, 0) is 25.6 Å². The number of phenolic OH excluding ortho intramolecular Hbond substituents is 1. The predicted molar refractivity (Wildman–Crippen MR) is 94.8 cm³/mol. The lowest BCUT2D eigenvalue weighted by molar-refractivity contribution is 0.346. The molecule has 4 rings (SSSR count). The van der Waals surface area contributed by atoms with Crippen molar-refractivity contribution >= 4 is 0 Å². The summed E-state index contributed by atoms with van der Waals surface area (Å²) >= 11 is 0. The second-order valence-corrected chi connectivity index (χ2v) is 6.55. The Morgan fingerprint density at radius 1 is 1.04 bits per heavy atom. The Labute approximate surface area is 142 Å². The van der Waals surface area contributed by atoms with Gasteiger partial charge < -0.3 is 5.11 Å². The van der Waals surface area contributed by atoms with Crippen LogP contribution in [0, 0.1) is 6.92 Å². The molecule has 0 bridgehead atoms. The van der Waals surface area contributed by atoms with Crippen molar-refractivity contribution in [3.8, 4) is 17.0 Å². The summed E-state index contributed by atoms with van der Waals surface area (Å²) in [5, 5.41) is 15.0. The fourth-order valence-electron chi connectivity index (χ4n) is 3.48. The number of aromatic nitrogens is 2. The van der Waals surface area contributed by atoms with Crippen LogP contribution in [0.2, 0.25) is 0 Å². The predicted octanol–water partition coefficient (Wildman–Crippen LogP) is 3.56. The number of rotatable bonds is 3. The van der Waals surface area contributed by atoms with E-state index in [2.05, 4.69) is 47.8 Å². The van der Waals surface area contributed by atoms with Crippen molar-refractivity contribution in [3.05, 3.63) is 70.9 Å². The van der Waals surface area contributed by atoms with E-state index in [4.69, 9.17) is 5.10 Å². The SMILES string of the molecule is Cc1ccccc1-c1c2c(nn1Cc1ccccc1O)CN(C)C2. The number of fused-ring (bicyclic) bond motifs is 1. The maximum Gasteiger partial charge on any atom is 0.120 e. The van der Waals surface area contributed by atoms with E-state index in [0.29, 0.717) is 12.3 Å². The van der Waals surface area contributed by atoms with Crippen molar-refractivity contribution in [3.63, 3.8) is 0 Å². The summed E-state index contributed by atoms with van der Waals surface area (Å²) in [5.41, 5.74) is 6.98. The third kappa shape index (κ3) is 2.49. The molecule has 2 heterocycles. The Morgan fingerprint density at radius 2 is 1.79 bits per heavy atom. The van der Waals surface area contributed by atoms with E-state index in [9.17, 15) is 5.11 Å². The zero-order chi connectivity index (χ0) is 16.7. The van der Waals surface area contributed by atoms with Crippen LogP contribution in [0.5, 0.6) is 5.75 Å². The molecule has 0 saturated carbocycles. The zero-order valence-electron chi connectivity index (χ0n) is 14.0. The minimum atomic E-state index is 0.320. The molecule has 3 aromatic rings. The van der Waals surface area contributed by atoms with Crippen LogP contribution in [-0.4, -0.2) is 26.8 Å². The maximum atomic E-state index is 10.1. The molecule has 1 aromatic heterocycles. The van der Waals surface area contributed by atoms with Crippen LogP contribution in [0.4, 0.5) is 0 Å². The molecule has 0 atom stereocenters. The topological polar surface area (TPSA) is 41.3 Å². The number of aromatic hydroxyl groups is 1. The van der Waals surface area contributed by atoms with Gasteiger partial charge in [0.1, 0.15) is 5.75 Å². The van der Waals surface area contributed by atoms with Crippen LogP contribution in [0.15, 0.2) is 48.5 Å². The van der Waals surface area contributed by atoms with Crippen LogP contribution in [0.3, 0.4) is 0 Å². The lowest BCUT2D eigenvalue weighted by atomic mass is 10.0. The molecule has 0 spiro atoms. The first-order valence-corrected chi connectivity index (χ1v) is 8.23. The molecule has 1 aliphatic heterocycles. The summed E-state index contributed by atoms with van der Waals surface area (Å²) in [7, 11) is 2.12. The summed E-state index contributed by atoms with van der Waals surface area (Å²) in [4.78, 5) is 2.28. The second-order valence-electron chi connectivity index (χ2n) is 6.55. The Hall–Kier alpha value is -2.59. The second kappa shape index (κ2) is 5.80. The van der Waals surface area contributed by atoms with Gasteiger partial charge in [0.05, 0.1) is 17.9 Å². The number of nitrogens with zero attached hydrogens (tertiary/aromatic N) is 3. The summed E-state index contributed by atoms with van der Waals surface area (Å²) < 4.78 is 2.05. The number of phenols is 1. The van der Waals surface area contributed by atoms with E-state index < -0.39 is 0 Å². The van der Waals surface area contributed by atoms with E-state index in [1.165, 1.54) is 22.4 Å². The van der Waals surface area contributed by atoms with Crippen LogP contribution in [-0.2, 0) is 19.6 Å². The molecule has 0 radical (unpaired) electrons. The normalized spacial score (nSPS) is 14.1. The van der Waals surface area contributed by atoms with Crippen molar-refractivity contribution in [1.82, 2.24) is 14.7 Å². The van der Waals surface area contributed by atoms with Crippen molar-refractivity contribution < 1.29 is 5.11 Å². The quantitative estimate of drug-likeness (QED) is 0.802. The van der Waals surface area contributed by atoms with Gasteiger partial charge in [0.25, 0.3) is 0 Å². The summed E-state index contributed by atoms with van der Waals surface area (Å²) in [6, 6.07) is 15.9. The summed E-state index contributed by atoms with van der Waals surface area (Å²) in [6.07, 6.45) is 0. The largest absolute Gasteiger partial charge is 0.508 e. The zero-order valence-corrected chi connectivity index (χ0v) is 14.0. The molecule has 0 saturated heterocycles. The van der Waals surface area contributed by atoms with E-state index in [-0.39, 0.29) is 0 Å². The van der Waals surface area contributed by atoms with Crippen molar-refractivity contribution in [2.75, 3.05) is 7.05 Å². The van der Waals surface area contributed by atoms with Gasteiger partial charge in [-0.15, -0.1) is 0 Å². The molecule has 0 unspecified atom stereocenters. The number of hydrogen-bond acceptors (Lipinski definition) is 3. The minimum Gasteiger partial charge on any atom is -0.508 e. The van der Waals surface area contributed by atoms with Crippen molar-refractivity contribution in [2.45, 2.75) is 26.6 Å². The van der Waals surface area contributed by atoms with Crippen LogP contribution >= 0.6 is 0 Å². The lowest BCUT2D eigenvalue weighted by Gasteiger charge is -2.14. The molecule has 122 valence electrons. The van der Waals surface area contributed by atoms with E-state index >= 15 is 0 Å². The Morgan fingerprint density at radius 3 is 2.58 bits per heavy atom. The number of aryl methyl sites for hydroxylation is 1. The highest BCUT2D eigenvalue weighted by Gasteiger charge is 2.27. The van der Waals surface area contributed by atoms with Crippen LogP contribution in [0.1, 0.15) is 22.4 Å². The third-order valence-corrected chi connectivity index (χ3v) is 4.69. The number of benzene rings is 2. The van der Waals surface area contributed by atoms with Crippen molar-refractivity contribution in [1.29, 1.82) is 0 Å². The Bertz CT molecular complexity index is 898. The van der Waals surface area contributed by atoms with Gasteiger partial charge in [-0.25, -0.2) is 0 Å². The van der Waals surface area contributed by atoms with Crippen LogP contribution < -0.4 is 0 Å². The molecule has 1 aliphatic rings.